The molecule has 2 aromatic carbocycles. The Morgan fingerprint density at radius 1 is 1.20 bits per heavy atom. The molecule has 1 aromatic heterocycles. The quantitative estimate of drug-likeness (QED) is 0.741. The van der Waals surface area contributed by atoms with Crippen LogP contribution in [0, 0.1) is 0 Å². The van der Waals surface area contributed by atoms with Gasteiger partial charge in [0.25, 0.3) is 0 Å². The molecule has 0 fully saturated rings. The molecule has 0 spiro atoms. The number of benzene rings is 2. The molecule has 1 heterocycles. The first kappa shape index (κ1) is 17.5. The Labute approximate surface area is 147 Å². The lowest BCUT2D eigenvalue weighted by Gasteiger charge is -2.24. The number of rotatable bonds is 6. The van der Waals surface area contributed by atoms with E-state index in [0.29, 0.717) is 13.1 Å². The van der Waals surface area contributed by atoms with Gasteiger partial charge in [-0.05, 0) is 37.7 Å². The van der Waals surface area contributed by atoms with Gasteiger partial charge in [0.1, 0.15) is 11.4 Å². The summed E-state index contributed by atoms with van der Waals surface area (Å²) in [7, 11) is 3.60. The van der Waals surface area contributed by atoms with E-state index in [-0.39, 0.29) is 0 Å². The van der Waals surface area contributed by atoms with Crippen molar-refractivity contribution in [3.05, 3.63) is 48.2 Å². The molecule has 5 heteroatoms. The van der Waals surface area contributed by atoms with E-state index in [1.54, 1.807) is 21.0 Å². The zero-order chi connectivity index (χ0) is 18.0. The number of fused-ring (bicyclic) bond motifs is 1. The average Bonchev–Trinajstić information content (AvgIpc) is 2.99. The number of nitrogens with zero attached hydrogens (tertiary/aromatic N) is 2. The second kappa shape index (κ2) is 6.86. The second-order valence-corrected chi connectivity index (χ2v) is 7.03. The van der Waals surface area contributed by atoms with E-state index in [2.05, 4.69) is 17.3 Å². The van der Waals surface area contributed by atoms with Crippen LogP contribution in [0.3, 0.4) is 0 Å². The van der Waals surface area contributed by atoms with E-state index < -0.39 is 5.60 Å². The molecule has 25 heavy (non-hydrogen) atoms. The summed E-state index contributed by atoms with van der Waals surface area (Å²) in [6.07, 6.45) is 0. The van der Waals surface area contributed by atoms with Gasteiger partial charge in [0.15, 0.2) is 5.76 Å². The van der Waals surface area contributed by atoms with E-state index in [0.717, 1.165) is 33.5 Å². The van der Waals surface area contributed by atoms with Crippen LogP contribution < -0.4 is 4.74 Å². The molecular formula is C20H24N2O3. The SMILES string of the molecule is COc1ccc2ccccc2c1-c1cc(CN(C)CC(C)(C)O)on1. The summed E-state index contributed by atoms with van der Waals surface area (Å²) in [5, 5.41) is 16.4. The number of hydrogen-bond donors (Lipinski definition) is 1. The van der Waals surface area contributed by atoms with Gasteiger partial charge < -0.3 is 14.4 Å². The fraction of sp³-hybridized carbons (Fsp3) is 0.350. The van der Waals surface area contributed by atoms with Gasteiger partial charge in [-0.15, -0.1) is 0 Å². The first-order valence-electron chi connectivity index (χ1n) is 8.30. The van der Waals surface area contributed by atoms with Gasteiger partial charge in [0, 0.05) is 12.6 Å². The molecule has 5 nitrogen and oxygen atoms in total. The highest BCUT2D eigenvalue weighted by Gasteiger charge is 2.19. The molecule has 0 aliphatic carbocycles. The fourth-order valence-electron chi connectivity index (χ4n) is 3.17. The van der Waals surface area contributed by atoms with E-state index in [4.69, 9.17) is 9.26 Å². The molecule has 0 aliphatic rings. The maximum absolute atomic E-state index is 9.93. The first-order chi connectivity index (χ1) is 11.9. The Hall–Kier alpha value is -2.37. The van der Waals surface area contributed by atoms with Crippen LogP contribution in [0.15, 0.2) is 47.0 Å². The molecule has 0 unspecified atom stereocenters. The van der Waals surface area contributed by atoms with Crippen molar-refractivity contribution in [2.45, 2.75) is 26.0 Å². The average molecular weight is 340 g/mol. The number of ether oxygens (including phenoxy) is 1. The zero-order valence-corrected chi connectivity index (χ0v) is 15.1. The normalized spacial score (nSPS) is 12.1. The Balaban J connectivity index is 1.93. The number of likely N-dealkylation sites (N-methyl/N-ethyl adjacent to an activating group) is 1. The Kier molecular flexibility index (Phi) is 4.79. The molecule has 0 atom stereocenters. The van der Waals surface area contributed by atoms with E-state index >= 15 is 0 Å². The second-order valence-electron chi connectivity index (χ2n) is 7.03. The van der Waals surface area contributed by atoms with Gasteiger partial charge in [0.2, 0.25) is 0 Å². The van der Waals surface area contributed by atoms with Crippen molar-refractivity contribution >= 4 is 10.8 Å². The van der Waals surface area contributed by atoms with Crippen molar-refractivity contribution in [3.63, 3.8) is 0 Å². The van der Waals surface area contributed by atoms with Crippen LogP contribution in [0.4, 0.5) is 0 Å². The van der Waals surface area contributed by atoms with Crippen molar-refractivity contribution in [1.82, 2.24) is 10.1 Å². The molecule has 1 N–H and O–H groups in total. The maximum atomic E-state index is 9.93. The van der Waals surface area contributed by atoms with E-state index in [9.17, 15) is 5.11 Å². The summed E-state index contributed by atoms with van der Waals surface area (Å²) in [4.78, 5) is 2.00. The molecule has 0 aliphatic heterocycles. The predicted molar refractivity (Wildman–Crippen MR) is 98.6 cm³/mol. The molecule has 132 valence electrons. The summed E-state index contributed by atoms with van der Waals surface area (Å²) >= 11 is 0. The number of hydrogen-bond acceptors (Lipinski definition) is 5. The summed E-state index contributed by atoms with van der Waals surface area (Å²) in [6, 6.07) is 14.1. The Morgan fingerprint density at radius 3 is 2.68 bits per heavy atom. The van der Waals surface area contributed by atoms with Crippen LogP contribution in [0.1, 0.15) is 19.6 Å². The van der Waals surface area contributed by atoms with Crippen molar-refractivity contribution in [3.8, 4) is 17.0 Å². The predicted octanol–water partition coefficient (Wildman–Crippen LogP) is 3.71. The number of aliphatic hydroxyl groups is 1. The lowest BCUT2D eigenvalue weighted by atomic mass is 10.0. The summed E-state index contributed by atoms with van der Waals surface area (Å²) in [6.45, 7) is 4.69. The maximum Gasteiger partial charge on any atom is 0.151 e. The van der Waals surface area contributed by atoms with Crippen LogP contribution in [0.5, 0.6) is 5.75 Å². The summed E-state index contributed by atoms with van der Waals surface area (Å²) < 4.78 is 11.1. The summed E-state index contributed by atoms with van der Waals surface area (Å²) in [5.74, 6) is 1.51. The third-order valence-electron chi connectivity index (χ3n) is 4.01. The lowest BCUT2D eigenvalue weighted by molar-refractivity contribution is 0.0402. The van der Waals surface area contributed by atoms with Gasteiger partial charge in [-0.25, -0.2) is 0 Å². The molecule has 3 aromatic rings. The Morgan fingerprint density at radius 2 is 1.96 bits per heavy atom. The zero-order valence-electron chi connectivity index (χ0n) is 15.1. The van der Waals surface area contributed by atoms with Crippen LogP contribution in [0.2, 0.25) is 0 Å². The number of aromatic nitrogens is 1. The van der Waals surface area contributed by atoms with E-state index in [1.807, 2.05) is 42.3 Å². The van der Waals surface area contributed by atoms with Crippen LogP contribution in [0.25, 0.3) is 22.0 Å². The molecule has 0 radical (unpaired) electrons. The van der Waals surface area contributed by atoms with Crippen LogP contribution in [-0.2, 0) is 6.54 Å². The largest absolute Gasteiger partial charge is 0.496 e. The lowest BCUT2D eigenvalue weighted by Crippen LogP contribution is -2.35. The topological polar surface area (TPSA) is 58.7 Å². The highest BCUT2D eigenvalue weighted by atomic mass is 16.5. The van der Waals surface area contributed by atoms with Crippen molar-refractivity contribution in [2.24, 2.45) is 0 Å². The van der Waals surface area contributed by atoms with Gasteiger partial charge in [-0.1, -0.05) is 35.5 Å². The third kappa shape index (κ3) is 4.00. The van der Waals surface area contributed by atoms with Gasteiger partial charge >= 0.3 is 0 Å². The smallest absolute Gasteiger partial charge is 0.151 e. The summed E-state index contributed by atoms with van der Waals surface area (Å²) in [5.41, 5.74) is 0.928. The minimum atomic E-state index is -0.754. The van der Waals surface area contributed by atoms with Gasteiger partial charge in [0.05, 0.1) is 24.8 Å². The minimum Gasteiger partial charge on any atom is -0.496 e. The molecule has 0 saturated heterocycles. The minimum absolute atomic E-state index is 0.542. The third-order valence-corrected chi connectivity index (χ3v) is 4.01. The highest BCUT2D eigenvalue weighted by molar-refractivity contribution is 5.98. The first-order valence-corrected chi connectivity index (χ1v) is 8.30. The van der Waals surface area contributed by atoms with Crippen molar-refractivity contribution < 1.29 is 14.4 Å². The van der Waals surface area contributed by atoms with Crippen molar-refractivity contribution in [1.29, 1.82) is 0 Å². The van der Waals surface area contributed by atoms with Crippen LogP contribution in [-0.4, -0.2) is 41.5 Å². The Bertz CT molecular complexity index is 865. The molecule has 0 saturated carbocycles. The fourth-order valence-corrected chi connectivity index (χ4v) is 3.17. The molecule has 0 bridgehead atoms. The molecular weight excluding hydrogens is 316 g/mol. The highest BCUT2D eigenvalue weighted by Crippen LogP contribution is 2.36. The molecule has 0 amide bonds. The molecule has 3 rings (SSSR count). The number of methoxy groups -OCH3 is 1. The van der Waals surface area contributed by atoms with Gasteiger partial charge in [-0.2, -0.15) is 0 Å². The monoisotopic (exact) mass is 340 g/mol. The standard InChI is InChI=1S/C20H24N2O3/c1-20(2,23)13-22(3)12-15-11-17(21-25-15)19-16-8-6-5-7-14(16)9-10-18(19)24-4/h5-11,23H,12-13H2,1-4H3. The van der Waals surface area contributed by atoms with Crippen molar-refractivity contribution in [2.75, 3.05) is 20.7 Å². The van der Waals surface area contributed by atoms with Crippen LogP contribution >= 0.6 is 0 Å². The van der Waals surface area contributed by atoms with E-state index in [1.165, 1.54) is 0 Å². The van der Waals surface area contributed by atoms with Gasteiger partial charge in [-0.3, -0.25) is 4.90 Å².